The highest BCUT2D eigenvalue weighted by Gasteiger charge is 2.11. The number of carbonyl (C=O) groups excluding carboxylic acids is 1. The highest BCUT2D eigenvalue weighted by molar-refractivity contribution is 6.31. The van der Waals surface area contributed by atoms with Gasteiger partial charge in [0, 0.05) is 23.6 Å². The van der Waals surface area contributed by atoms with Gasteiger partial charge in [0.05, 0.1) is 7.11 Å². The lowest BCUT2D eigenvalue weighted by molar-refractivity contribution is -0.122. The molecule has 3 N–H and O–H groups in total. The minimum absolute atomic E-state index is 0.0325. The van der Waals surface area contributed by atoms with Gasteiger partial charge in [-0.2, -0.15) is 0 Å². The summed E-state index contributed by atoms with van der Waals surface area (Å²) in [6.45, 7) is 2.80. The Bertz CT molecular complexity index is 410. The fourth-order valence-corrected chi connectivity index (χ4v) is 1.79. The molecule has 0 aliphatic rings. The molecule has 1 atom stereocenters. The van der Waals surface area contributed by atoms with E-state index in [0.29, 0.717) is 30.3 Å². The molecule has 1 amide bonds. The molecule has 1 rings (SSSR count). The van der Waals surface area contributed by atoms with Crippen LogP contribution in [0.15, 0.2) is 18.2 Å². The minimum atomic E-state index is -0.0325. The Balaban J connectivity index is 2.60. The predicted molar refractivity (Wildman–Crippen MR) is 72.7 cm³/mol. The number of hydrogen-bond acceptors (Lipinski definition) is 3. The second-order valence-corrected chi connectivity index (χ2v) is 4.65. The predicted octanol–water partition coefficient (Wildman–Crippen LogP) is 1.95. The molecule has 0 bridgehead atoms. The van der Waals surface area contributed by atoms with Gasteiger partial charge in [-0.3, -0.25) is 4.79 Å². The zero-order valence-corrected chi connectivity index (χ0v) is 11.5. The van der Waals surface area contributed by atoms with Crippen LogP contribution in [0.3, 0.4) is 0 Å². The zero-order valence-electron chi connectivity index (χ0n) is 10.7. The maximum absolute atomic E-state index is 11.6. The Kier molecular flexibility index (Phi) is 5.95. The molecule has 0 aliphatic carbocycles. The second kappa shape index (κ2) is 7.24. The largest absolute Gasteiger partial charge is 0.496 e. The molecule has 0 heterocycles. The molecule has 1 aromatic rings. The van der Waals surface area contributed by atoms with E-state index in [1.165, 1.54) is 0 Å². The third-order valence-corrected chi connectivity index (χ3v) is 3.05. The number of rotatable bonds is 6. The van der Waals surface area contributed by atoms with Gasteiger partial charge in [0.2, 0.25) is 5.91 Å². The molecular formula is C13H19ClN2O2. The molecule has 0 radical (unpaired) electrons. The molecule has 18 heavy (non-hydrogen) atoms. The molecule has 0 aromatic heterocycles. The highest BCUT2D eigenvalue weighted by Crippen LogP contribution is 2.25. The molecule has 0 fully saturated rings. The SMILES string of the molecule is COc1cccc(Cl)c1CNC(=O)CC(C)CN. The number of nitrogens with one attached hydrogen (secondary N) is 1. The molecule has 4 nitrogen and oxygen atoms in total. The van der Waals surface area contributed by atoms with Gasteiger partial charge >= 0.3 is 0 Å². The van der Waals surface area contributed by atoms with Crippen LogP contribution in [0.1, 0.15) is 18.9 Å². The molecule has 100 valence electrons. The maximum Gasteiger partial charge on any atom is 0.220 e. The number of amides is 1. The average Bonchev–Trinajstić information content (AvgIpc) is 2.36. The molecular weight excluding hydrogens is 252 g/mol. The van der Waals surface area contributed by atoms with Crippen LogP contribution < -0.4 is 15.8 Å². The quantitative estimate of drug-likeness (QED) is 0.830. The first-order chi connectivity index (χ1) is 8.58. The van der Waals surface area contributed by atoms with Crippen LogP contribution in [0.2, 0.25) is 5.02 Å². The third-order valence-electron chi connectivity index (χ3n) is 2.69. The van der Waals surface area contributed by atoms with E-state index in [9.17, 15) is 4.79 Å². The summed E-state index contributed by atoms with van der Waals surface area (Å²) in [7, 11) is 1.58. The number of methoxy groups -OCH3 is 1. The van der Waals surface area contributed by atoms with Gasteiger partial charge in [-0.05, 0) is 24.6 Å². The fourth-order valence-electron chi connectivity index (χ4n) is 1.56. The van der Waals surface area contributed by atoms with Crippen LogP contribution in [-0.2, 0) is 11.3 Å². The van der Waals surface area contributed by atoms with E-state index in [0.717, 1.165) is 5.56 Å². The van der Waals surface area contributed by atoms with Gasteiger partial charge in [-0.15, -0.1) is 0 Å². The van der Waals surface area contributed by atoms with Gasteiger partial charge in [-0.1, -0.05) is 24.6 Å². The number of carbonyl (C=O) groups is 1. The van der Waals surface area contributed by atoms with Crippen LogP contribution in [-0.4, -0.2) is 19.6 Å². The summed E-state index contributed by atoms with van der Waals surface area (Å²) in [4.78, 5) is 11.6. The number of ether oxygens (including phenoxy) is 1. The molecule has 1 aromatic carbocycles. The first-order valence-electron chi connectivity index (χ1n) is 5.86. The normalized spacial score (nSPS) is 12.0. The van der Waals surface area contributed by atoms with Crippen molar-refractivity contribution in [2.24, 2.45) is 11.7 Å². The monoisotopic (exact) mass is 270 g/mol. The highest BCUT2D eigenvalue weighted by atomic mass is 35.5. The summed E-state index contributed by atoms with van der Waals surface area (Å²) in [5, 5.41) is 3.41. The maximum atomic E-state index is 11.6. The second-order valence-electron chi connectivity index (χ2n) is 4.24. The van der Waals surface area contributed by atoms with Gasteiger partial charge in [-0.25, -0.2) is 0 Å². The van der Waals surface area contributed by atoms with E-state index in [4.69, 9.17) is 22.1 Å². The van der Waals surface area contributed by atoms with Gasteiger partial charge in [0.15, 0.2) is 0 Å². The molecule has 5 heteroatoms. The smallest absolute Gasteiger partial charge is 0.220 e. The summed E-state index contributed by atoms with van der Waals surface area (Å²) >= 11 is 6.07. The molecule has 1 unspecified atom stereocenters. The average molecular weight is 271 g/mol. The first kappa shape index (κ1) is 14.8. The lowest BCUT2D eigenvalue weighted by Crippen LogP contribution is -2.27. The van der Waals surface area contributed by atoms with Gasteiger partial charge in [0.25, 0.3) is 0 Å². The lowest BCUT2D eigenvalue weighted by atomic mass is 10.1. The van der Waals surface area contributed by atoms with Crippen molar-refractivity contribution >= 4 is 17.5 Å². The Labute approximate surface area is 112 Å². The Morgan fingerprint density at radius 3 is 2.89 bits per heavy atom. The van der Waals surface area contributed by atoms with E-state index in [1.807, 2.05) is 19.1 Å². The summed E-state index contributed by atoms with van der Waals surface area (Å²) in [5.41, 5.74) is 6.26. The third kappa shape index (κ3) is 4.20. The summed E-state index contributed by atoms with van der Waals surface area (Å²) in [5.74, 6) is 0.822. The van der Waals surface area contributed by atoms with Gasteiger partial charge in [0.1, 0.15) is 5.75 Å². The zero-order chi connectivity index (χ0) is 13.5. The Morgan fingerprint density at radius 2 is 2.28 bits per heavy atom. The van der Waals surface area contributed by atoms with Crippen molar-refractivity contribution in [3.8, 4) is 5.75 Å². The van der Waals surface area contributed by atoms with Crippen molar-refractivity contribution in [1.82, 2.24) is 5.32 Å². The standard InChI is InChI=1S/C13H19ClN2O2/c1-9(7-15)6-13(17)16-8-10-11(14)4-3-5-12(10)18-2/h3-5,9H,6-8,15H2,1-2H3,(H,16,17). The van der Waals surface area contributed by atoms with Crippen LogP contribution in [0, 0.1) is 5.92 Å². The van der Waals surface area contributed by atoms with Gasteiger partial charge < -0.3 is 15.8 Å². The first-order valence-corrected chi connectivity index (χ1v) is 6.24. The number of halogens is 1. The topological polar surface area (TPSA) is 64.3 Å². The van der Waals surface area contributed by atoms with Crippen molar-refractivity contribution in [3.05, 3.63) is 28.8 Å². The summed E-state index contributed by atoms with van der Waals surface area (Å²) in [6.07, 6.45) is 0.420. The van der Waals surface area contributed by atoms with E-state index >= 15 is 0 Å². The minimum Gasteiger partial charge on any atom is -0.496 e. The molecule has 0 aliphatic heterocycles. The fraction of sp³-hybridized carbons (Fsp3) is 0.462. The van der Waals surface area contributed by atoms with E-state index in [1.54, 1.807) is 13.2 Å². The summed E-state index contributed by atoms with van der Waals surface area (Å²) in [6, 6.07) is 5.40. The van der Waals surface area contributed by atoms with Crippen molar-refractivity contribution in [3.63, 3.8) is 0 Å². The number of nitrogens with two attached hydrogens (primary N) is 1. The van der Waals surface area contributed by atoms with E-state index < -0.39 is 0 Å². The van der Waals surface area contributed by atoms with Crippen LogP contribution in [0.5, 0.6) is 5.75 Å². The number of hydrogen-bond donors (Lipinski definition) is 2. The molecule has 0 saturated heterocycles. The van der Waals surface area contributed by atoms with Crippen molar-refractivity contribution in [2.75, 3.05) is 13.7 Å². The van der Waals surface area contributed by atoms with Crippen molar-refractivity contribution in [2.45, 2.75) is 19.9 Å². The van der Waals surface area contributed by atoms with Crippen molar-refractivity contribution in [1.29, 1.82) is 0 Å². The summed E-state index contributed by atoms with van der Waals surface area (Å²) < 4.78 is 5.20. The van der Waals surface area contributed by atoms with Crippen LogP contribution in [0.25, 0.3) is 0 Å². The van der Waals surface area contributed by atoms with Crippen LogP contribution >= 0.6 is 11.6 Å². The Hall–Kier alpha value is -1.26. The Morgan fingerprint density at radius 1 is 1.56 bits per heavy atom. The molecule has 0 saturated carbocycles. The van der Waals surface area contributed by atoms with E-state index in [-0.39, 0.29) is 11.8 Å². The van der Waals surface area contributed by atoms with Crippen molar-refractivity contribution < 1.29 is 9.53 Å². The number of benzene rings is 1. The van der Waals surface area contributed by atoms with Crippen LogP contribution in [0.4, 0.5) is 0 Å². The molecule has 0 spiro atoms. The van der Waals surface area contributed by atoms with E-state index in [2.05, 4.69) is 5.32 Å². The lowest BCUT2D eigenvalue weighted by Gasteiger charge is -2.12.